The summed E-state index contributed by atoms with van der Waals surface area (Å²) in [5, 5.41) is 23.8. The van der Waals surface area contributed by atoms with Crippen LogP contribution < -0.4 is 10.4 Å². The van der Waals surface area contributed by atoms with Crippen LogP contribution in [0.2, 0.25) is 39.3 Å². The van der Waals surface area contributed by atoms with E-state index in [2.05, 4.69) is 48.5 Å². The monoisotopic (exact) mass is 376 g/mol. The fraction of sp³-hybridized carbons (Fsp3) is 0.368. The first-order chi connectivity index (χ1) is 10.9. The molecule has 2 N–H and O–H groups in total. The minimum Gasteiger partial charge on any atom is -0.508 e. The van der Waals surface area contributed by atoms with Gasteiger partial charge in [-0.15, -0.1) is 9.24 Å². The van der Waals surface area contributed by atoms with Crippen LogP contribution in [0.5, 0.6) is 11.5 Å². The van der Waals surface area contributed by atoms with E-state index in [1.807, 2.05) is 36.4 Å². The Labute approximate surface area is 150 Å². The highest BCUT2D eigenvalue weighted by atomic mass is 31.0. The summed E-state index contributed by atoms with van der Waals surface area (Å²) >= 11 is 0. The van der Waals surface area contributed by atoms with Crippen molar-refractivity contribution in [1.29, 1.82) is 0 Å². The Bertz CT molecular complexity index is 683. The van der Waals surface area contributed by atoms with Crippen molar-refractivity contribution < 1.29 is 10.2 Å². The Balaban J connectivity index is 2.57. The smallest absolute Gasteiger partial charge is 0.118 e. The number of aromatic hydroxyl groups is 2. The highest BCUT2D eigenvalue weighted by Crippen LogP contribution is 2.39. The molecule has 0 aliphatic carbocycles. The molecule has 1 atom stereocenters. The predicted molar refractivity (Wildman–Crippen MR) is 114 cm³/mol. The van der Waals surface area contributed by atoms with E-state index < -0.39 is 16.1 Å². The molecule has 2 aromatic carbocycles. The number of benzene rings is 2. The van der Waals surface area contributed by atoms with Gasteiger partial charge in [0.05, 0.1) is 16.1 Å². The van der Waals surface area contributed by atoms with Crippen molar-refractivity contribution in [1.82, 2.24) is 0 Å². The number of rotatable bonds is 4. The fourth-order valence-corrected chi connectivity index (χ4v) is 6.44. The summed E-state index contributed by atoms with van der Waals surface area (Å²) in [6, 6.07) is 12.0. The van der Waals surface area contributed by atoms with Gasteiger partial charge in [-0.3, -0.25) is 0 Å². The van der Waals surface area contributed by atoms with E-state index in [0.29, 0.717) is 11.5 Å². The summed E-state index contributed by atoms with van der Waals surface area (Å²) in [5.41, 5.74) is 1.60. The second-order valence-electron chi connectivity index (χ2n) is 8.46. The summed E-state index contributed by atoms with van der Waals surface area (Å²) in [6.07, 6.45) is 0. The molecule has 1 unspecified atom stereocenters. The van der Waals surface area contributed by atoms with Crippen LogP contribution in [-0.2, 0) is 0 Å². The van der Waals surface area contributed by atoms with Crippen molar-refractivity contribution in [2.75, 3.05) is 0 Å². The van der Waals surface area contributed by atoms with E-state index in [4.69, 9.17) is 0 Å². The van der Waals surface area contributed by atoms with Crippen LogP contribution in [0, 0.1) is 0 Å². The van der Waals surface area contributed by atoms with E-state index >= 15 is 0 Å². The van der Waals surface area contributed by atoms with E-state index in [1.54, 1.807) is 0 Å². The van der Waals surface area contributed by atoms with Crippen molar-refractivity contribution in [3.05, 3.63) is 47.5 Å². The summed E-state index contributed by atoms with van der Waals surface area (Å²) in [7, 11) is -0.457. The Kier molecular flexibility index (Phi) is 5.34. The minimum atomic E-state index is -1.63. The molecule has 0 heterocycles. The summed E-state index contributed by atoms with van der Waals surface area (Å²) in [5.74, 6) is 0.768. The number of hydrogen-bond donors (Lipinski definition) is 2. The van der Waals surface area contributed by atoms with Crippen LogP contribution in [0.1, 0.15) is 16.8 Å². The molecule has 24 heavy (non-hydrogen) atoms. The third kappa shape index (κ3) is 3.76. The maximum atomic E-state index is 10.8. The number of para-hydroxylation sites is 2. The van der Waals surface area contributed by atoms with Crippen LogP contribution in [0.3, 0.4) is 0 Å². The van der Waals surface area contributed by atoms with E-state index in [0.717, 1.165) is 21.5 Å². The number of phenols is 2. The zero-order valence-electron chi connectivity index (χ0n) is 15.5. The third-order valence-electron chi connectivity index (χ3n) is 4.42. The van der Waals surface area contributed by atoms with Crippen molar-refractivity contribution in [3.8, 4) is 11.5 Å². The number of hydrogen-bond acceptors (Lipinski definition) is 2. The molecule has 0 saturated carbocycles. The zero-order valence-corrected chi connectivity index (χ0v) is 18.7. The Morgan fingerprint density at radius 1 is 0.708 bits per heavy atom. The second-order valence-corrected chi connectivity index (χ2v) is 19.2. The minimum absolute atomic E-state index is 0.127. The van der Waals surface area contributed by atoms with Gasteiger partial charge in [0.2, 0.25) is 0 Å². The maximum absolute atomic E-state index is 10.8. The molecule has 0 saturated heterocycles. The first-order valence-electron chi connectivity index (χ1n) is 8.35. The van der Waals surface area contributed by atoms with Gasteiger partial charge < -0.3 is 10.2 Å². The van der Waals surface area contributed by atoms with Crippen molar-refractivity contribution in [2.24, 2.45) is 0 Å². The molecule has 5 heteroatoms. The molecule has 0 bridgehead atoms. The van der Waals surface area contributed by atoms with Gasteiger partial charge in [0.15, 0.2) is 0 Å². The molecular formula is C19H29O2PSi2. The van der Waals surface area contributed by atoms with Crippen LogP contribution in [0.15, 0.2) is 36.4 Å². The standard InChI is InChI=1S/C19H29O2PSi2/c1-23(2,3)15-11-7-9-13(17(15)20)19(22)14-10-8-12-16(18(14)21)24(4,5)6/h7-12,19-21H,22H2,1-6H3. The molecule has 0 aliphatic heterocycles. The first-order valence-corrected chi connectivity index (χ1v) is 16.0. The summed E-state index contributed by atoms with van der Waals surface area (Å²) in [4.78, 5) is 0. The van der Waals surface area contributed by atoms with Crippen LogP contribution >= 0.6 is 9.24 Å². The van der Waals surface area contributed by atoms with Crippen molar-refractivity contribution in [3.63, 3.8) is 0 Å². The van der Waals surface area contributed by atoms with Gasteiger partial charge >= 0.3 is 0 Å². The average Bonchev–Trinajstić information content (AvgIpc) is 2.44. The first kappa shape index (κ1) is 19.2. The molecule has 130 valence electrons. The molecule has 2 rings (SSSR count). The van der Waals surface area contributed by atoms with Crippen LogP contribution in [-0.4, -0.2) is 26.4 Å². The average molecular weight is 377 g/mol. The SMILES string of the molecule is C[Si](C)(C)c1cccc(C(P)c2cccc([Si](C)(C)C)c2O)c1O. The summed E-state index contributed by atoms with van der Waals surface area (Å²) < 4.78 is 0. The molecule has 0 amide bonds. The molecule has 2 nitrogen and oxygen atoms in total. The molecule has 0 radical (unpaired) electrons. The van der Waals surface area contributed by atoms with Gasteiger partial charge in [0.1, 0.15) is 11.5 Å². The van der Waals surface area contributed by atoms with Gasteiger partial charge in [0, 0.05) is 16.8 Å². The molecular weight excluding hydrogens is 347 g/mol. The van der Waals surface area contributed by atoms with Gasteiger partial charge in [-0.2, -0.15) is 0 Å². The quantitative estimate of drug-likeness (QED) is 0.621. The lowest BCUT2D eigenvalue weighted by atomic mass is 10.0. The second kappa shape index (κ2) is 6.66. The van der Waals surface area contributed by atoms with E-state index in [9.17, 15) is 10.2 Å². The predicted octanol–water partition coefficient (Wildman–Crippen LogP) is 4.15. The molecule has 0 spiro atoms. The largest absolute Gasteiger partial charge is 0.508 e. The highest BCUT2D eigenvalue weighted by Gasteiger charge is 2.27. The fourth-order valence-electron chi connectivity index (χ4n) is 3.00. The molecule has 2 aromatic rings. The van der Waals surface area contributed by atoms with Gasteiger partial charge in [-0.1, -0.05) is 75.7 Å². The maximum Gasteiger partial charge on any atom is 0.118 e. The topological polar surface area (TPSA) is 40.5 Å². The van der Waals surface area contributed by atoms with Crippen molar-refractivity contribution >= 4 is 35.8 Å². The van der Waals surface area contributed by atoms with Crippen LogP contribution in [0.25, 0.3) is 0 Å². The number of phenolic OH excluding ortho intramolecular Hbond substituents is 2. The van der Waals surface area contributed by atoms with Crippen LogP contribution in [0.4, 0.5) is 0 Å². The van der Waals surface area contributed by atoms with Gasteiger partial charge in [-0.05, 0) is 10.4 Å². The molecule has 0 fully saturated rings. The lowest BCUT2D eigenvalue weighted by molar-refractivity contribution is 0.466. The zero-order chi connectivity index (χ0) is 18.3. The Morgan fingerprint density at radius 2 is 1.04 bits per heavy atom. The third-order valence-corrected chi connectivity index (χ3v) is 9.18. The normalized spacial score (nSPS) is 12.7. The lowest BCUT2D eigenvalue weighted by Gasteiger charge is -2.25. The van der Waals surface area contributed by atoms with E-state index in [-0.39, 0.29) is 5.66 Å². The molecule has 0 aromatic heterocycles. The Morgan fingerprint density at radius 3 is 1.33 bits per heavy atom. The lowest BCUT2D eigenvalue weighted by Crippen LogP contribution is -2.38. The Hall–Kier alpha value is -1.10. The molecule has 0 aliphatic rings. The summed E-state index contributed by atoms with van der Waals surface area (Å²) in [6.45, 7) is 13.4. The van der Waals surface area contributed by atoms with Gasteiger partial charge in [0.25, 0.3) is 0 Å². The van der Waals surface area contributed by atoms with Crippen molar-refractivity contribution in [2.45, 2.75) is 44.9 Å². The highest BCUT2D eigenvalue weighted by molar-refractivity contribution is 7.17. The van der Waals surface area contributed by atoms with E-state index in [1.165, 1.54) is 0 Å². The van der Waals surface area contributed by atoms with Gasteiger partial charge in [-0.25, -0.2) is 0 Å².